The minimum atomic E-state index is -3.85. The molecular formula is C19H23ClN2O4S. The van der Waals surface area contributed by atoms with Crippen molar-refractivity contribution in [3.05, 3.63) is 53.1 Å². The van der Waals surface area contributed by atoms with Crippen LogP contribution in [-0.2, 0) is 10.0 Å². The summed E-state index contributed by atoms with van der Waals surface area (Å²) in [7, 11) is -2.23. The van der Waals surface area contributed by atoms with Crippen molar-refractivity contribution in [1.82, 2.24) is 4.89 Å². The van der Waals surface area contributed by atoms with Gasteiger partial charge in [-0.15, -0.1) is 0 Å². The van der Waals surface area contributed by atoms with Crippen LogP contribution in [0.2, 0.25) is 5.02 Å². The Bertz CT molecular complexity index is 929. The van der Waals surface area contributed by atoms with Crippen LogP contribution >= 0.6 is 11.6 Å². The molecule has 0 saturated heterocycles. The van der Waals surface area contributed by atoms with Crippen LogP contribution in [0, 0.1) is 11.3 Å². The lowest BCUT2D eigenvalue weighted by molar-refractivity contribution is 0.242. The normalized spacial score (nSPS) is 20.9. The second-order valence-corrected chi connectivity index (χ2v) is 9.39. The van der Waals surface area contributed by atoms with Crippen LogP contribution < -0.4 is 14.9 Å². The first kappa shape index (κ1) is 19.9. The summed E-state index contributed by atoms with van der Waals surface area (Å²) in [6.07, 6.45) is 0. The van der Waals surface area contributed by atoms with Crippen LogP contribution in [0.15, 0.2) is 47.4 Å². The van der Waals surface area contributed by atoms with Crippen LogP contribution in [0.25, 0.3) is 0 Å². The molecule has 1 aliphatic rings. The van der Waals surface area contributed by atoms with E-state index in [1.165, 1.54) is 17.0 Å². The van der Waals surface area contributed by atoms with Gasteiger partial charge in [-0.1, -0.05) is 42.5 Å². The maximum atomic E-state index is 11.6. The topological polar surface area (TPSA) is 87.7 Å². The zero-order valence-corrected chi connectivity index (χ0v) is 16.9. The smallest absolute Gasteiger partial charge is 0.262 e. The molecule has 1 aliphatic carbocycles. The third-order valence-electron chi connectivity index (χ3n) is 5.39. The van der Waals surface area contributed by atoms with Crippen molar-refractivity contribution in [1.29, 1.82) is 0 Å². The molecule has 8 heteroatoms. The predicted octanol–water partition coefficient (Wildman–Crippen LogP) is 3.87. The SMILES string of the molecule is COc1ccc(Cl)cc1NCC1C(c2ccc(S(=O)(=O)NO)cc2)C1(C)C. The van der Waals surface area contributed by atoms with Crippen molar-refractivity contribution in [2.24, 2.45) is 11.3 Å². The quantitative estimate of drug-likeness (QED) is 0.603. The third-order valence-corrected chi connectivity index (χ3v) is 6.76. The second kappa shape index (κ2) is 7.31. The molecule has 0 bridgehead atoms. The Morgan fingerprint density at radius 2 is 1.85 bits per heavy atom. The van der Waals surface area contributed by atoms with E-state index in [9.17, 15) is 8.42 Å². The average Bonchev–Trinajstić information content (AvgIpc) is 3.20. The lowest BCUT2D eigenvalue weighted by Crippen LogP contribution is -2.19. The summed E-state index contributed by atoms with van der Waals surface area (Å²) < 4.78 is 28.7. The molecule has 2 atom stereocenters. The van der Waals surface area contributed by atoms with Gasteiger partial charge in [0.15, 0.2) is 0 Å². The van der Waals surface area contributed by atoms with E-state index in [-0.39, 0.29) is 10.3 Å². The first-order valence-corrected chi connectivity index (χ1v) is 10.4. The fraction of sp³-hybridized carbons (Fsp3) is 0.368. The molecule has 1 fully saturated rings. The number of hydrogen-bond donors (Lipinski definition) is 3. The molecule has 1 saturated carbocycles. The Labute approximate surface area is 164 Å². The molecule has 0 spiro atoms. The maximum Gasteiger partial charge on any atom is 0.262 e. The fourth-order valence-electron chi connectivity index (χ4n) is 3.73. The van der Waals surface area contributed by atoms with Crippen LogP contribution in [0.1, 0.15) is 25.3 Å². The highest BCUT2D eigenvalue weighted by atomic mass is 35.5. The molecule has 0 amide bonds. The van der Waals surface area contributed by atoms with Gasteiger partial charge >= 0.3 is 0 Å². The van der Waals surface area contributed by atoms with Gasteiger partial charge < -0.3 is 15.3 Å². The van der Waals surface area contributed by atoms with Crippen molar-refractivity contribution < 1.29 is 18.4 Å². The minimum Gasteiger partial charge on any atom is -0.495 e. The van der Waals surface area contributed by atoms with Gasteiger partial charge in [-0.2, -0.15) is 0 Å². The Morgan fingerprint density at radius 1 is 1.19 bits per heavy atom. The number of benzene rings is 2. The molecule has 0 radical (unpaired) electrons. The van der Waals surface area contributed by atoms with Crippen LogP contribution in [-0.4, -0.2) is 27.3 Å². The Morgan fingerprint density at radius 3 is 2.44 bits per heavy atom. The summed E-state index contributed by atoms with van der Waals surface area (Å²) in [6.45, 7) is 5.13. The van der Waals surface area contributed by atoms with E-state index in [1.54, 1.807) is 25.3 Å². The molecular weight excluding hydrogens is 388 g/mol. The van der Waals surface area contributed by atoms with Crippen molar-refractivity contribution in [2.75, 3.05) is 19.0 Å². The molecule has 146 valence electrons. The molecule has 2 aromatic rings. The van der Waals surface area contributed by atoms with Gasteiger partial charge in [0, 0.05) is 11.6 Å². The van der Waals surface area contributed by atoms with Gasteiger partial charge in [0.05, 0.1) is 17.7 Å². The van der Waals surface area contributed by atoms with E-state index in [2.05, 4.69) is 19.2 Å². The van der Waals surface area contributed by atoms with E-state index in [1.807, 2.05) is 12.1 Å². The summed E-state index contributed by atoms with van der Waals surface area (Å²) in [5.74, 6) is 1.41. The lowest BCUT2D eigenvalue weighted by atomic mass is 10.0. The largest absolute Gasteiger partial charge is 0.495 e. The highest BCUT2D eigenvalue weighted by Gasteiger charge is 2.57. The number of hydrogen-bond acceptors (Lipinski definition) is 5. The molecule has 0 heterocycles. The third kappa shape index (κ3) is 3.91. The van der Waals surface area contributed by atoms with Crippen molar-refractivity contribution in [2.45, 2.75) is 24.7 Å². The first-order valence-electron chi connectivity index (χ1n) is 8.54. The number of anilines is 1. The lowest BCUT2D eigenvalue weighted by Gasteiger charge is -2.12. The molecule has 0 aliphatic heterocycles. The zero-order chi connectivity index (χ0) is 19.8. The highest BCUT2D eigenvalue weighted by Crippen LogP contribution is 2.64. The van der Waals surface area contributed by atoms with E-state index >= 15 is 0 Å². The summed E-state index contributed by atoms with van der Waals surface area (Å²) in [5.41, 5.74) is 2.00. The Balaban J connectivity index is 1.73. The molecule has 6 nitrogen and oxygen atoms in total. The summed E-state index contributed by atoms with van der Waals surface area (Å²) in [5, 5.41) is 12.8. The van der Waals surface area contributed by atoms with Crippen LogP contribution in [0.3, 0.4) is 0 Å². The first-order chi connectivity index (χ1) is 12.7. The average molecular weight is 411 g/mol. The predicted molar refractivity (Wildman–Crippen MR) is 105 cm³/mol. The van der Waals surface area contributed by atoms with Crippen LogP contribution in [0.4, 0.5) is 5.69 Å². The number of rotatable bonds is 7. The number of halogens is 1. The molecule has 3 N–H and O–H groups in total. The van der Waals surface area contributed by atoms with Gasteiger partial charge in [0.25, 0.3) is 10.0 Å². The number of nitrogens with one attached hydrogen (secondary N) is 2. The fourth-order valence-corrected chi connectivity index (χ4v) is 4.50. The molecule has 0 aromatic heterocycles. The highest BCUT2D eigenvalue weighted by molar-refractivity contribution is 7.89. The summed E-state index contributed by atoms with van der Waals surface area (Å²) in [4.78, 5) is 1.37. The van der Waals surface area contributed by atoms with Crippen molar-refractivity contribution >= 4 is 27.3 Å². The zero-order valence-electron chi connectivity index (χ0n) is 15.4. The Kier molecular flexibility index (Phi) is 5.40. The van der Waals surface area contributed by atoms with Crippen molar-refractivity contribution in [3.8, 4) is 5.75 Å². The standard InChI is InChI=1S/C19H23ClN2O4S/c1-19(2)15(11-21-16-10-13(20)6-9-17(16)26-3)18(19)12-4-7-14(8-5-12)27(24,25)22-23/h4-10,15,18,21-23H,11H2,1-3H3. The monoisotopic (exact) mass is 410 g/mol. The maximum absolute atomic E-state index is 11.6. The van der Waals surface area contributed by atoms with Crippen molar-refractivity contribution in [3.63, 3.8) is 0 Å². The van der Waals surface area contributed by atoms with Gasteiger partial charge in [-0.25, -0.2) is 8.42 Å². The number of ether oxygens (including phenoxy) is 1. The second-order valence-electron chi connectivity index (χ2n) is 7.29. The van der Waals surface area contributed by atoms with Gasteiger partial charge in [0.1, 0.15) is 5.75 Å². The minimum absolute atomic E-state index is 0.0329. The van der Waals surface area contributed by atoms with E-state index < -0.39 is 10.0 Å². The van der Waals surface area contributed by atoms with Gasteiger partial charge in [0.2, 0.25) is 0 Å². The van der Waals surface area contributed by atoms with Gasteiger partial charge in [-0.05, 0) is 53.1 Å². The van der Waals surface area contributed by atoms with Crippen LogP contribution in [0.5, 0.6) is 5.75 Å². The molecule has 3 rings (SSSR count). The van der Waals surface area contributed by atoms with E-state index in [0.29, 0.717) is 16.9 Å². The molecule has 27 heavy (non-hydrogen) atoms. The molecule has 2 aromatic carbocycles. The number of sulfonamides is 1. The molecule has 2 unspecified atom stereocenters. The summed E-state index contributed by atoms with van der Waals surface area (Å²) >= 11 is 6.08. The summed E-state index contributed by atoms with van der Waals surface area (Å²) in [6, 6.07) is 12.1. The van der Waals surface area contributed by atoms with Gasteiger partial charge in [-0.3, -0.25) is 0 Å². The number of methoxy groups -OCH3 is 1. The van der Waals surface area contributed by atoms with E-state index in [0.717, 1.165) is 23.5 Å². The van der Waals surface area contributed by atoms with E-state index in [4.69, 9.17) is 21.5 Å². The Hall–Kier alpha value is -1.80.